The topological polar surface area (TPSA) is 50.2 Å². The summed E-state index contributed by atoms with van der Waals surface area (Å²) in [4.78, 5) is 4.49. The summed E-state index contributed by atoms with van der Waals surface area (Å²) < 4.78 is 12.2. The Labute approximate surface area is 145 Å². The molecule has 1 N–H and O–H groups in total. The summed E-state index contributed by atoms with van der Waals surface area (Å²) in [5.41, 5.74) is 3.25. The van der Waals surface area contributed by atoms with Gasteiger partial charge in [-0.15, -0.1) is 11.3 Å². The second-order valence-electron chi connectivity index (χ2n) is 7.87. The van der Waals surface area contributed by atoms with Gasteiger partial charge in [-0.05, 0) is 23.0 Å². The molecular formula is C18H25NO2S2. The summed E-state index contributed by atoms with van der Waals surface area (Å²) in [5, 5.41) is 12.7. The minimum absolute atomic E-state index is 0.174. The fourth-order valence-corrected chi connectivity index (χ4v) is 3.91. The molecule has 0 amide bonds. The van der Waals surface area contributed by atoms with Crippen LogP contribution in [0.2, 0.25) is 0 Å². The molecule has 0 aliphatic carbocycles. The van der Waals surface area contributed by atoms with Gasteiger partial charge < -0.3 is 5.11 Å². The predicted octanol–water partition coefficient (Wildman–Crippen LogP) is 4.85. The van der Waals surface area contributed by atoms with E-state index < -0.39 is 10.8 Å². The molecule has 1 unspecified atom stereocenters. The maximum absolute atomic E-state index is 11.6. The molecular weight excluding hydrogens is 326 g/mol. The Bertz CT molecular complexity index is 714. The van der Waals surface area contributed by atoms with Gasteiger partial charge >= 0.3 is 0 Å². The normalized spacial score (nSPS) is 14.0. The average molecular weight is 352 g/mol. The van der Waals surface area contributed by atoms with Crippen LogP contribution in [-0.4, -0.2) is 20.6 Å². The number of phenolic OH excluding ortho intramolecular Hbond substituents is 1. The van der Waals surface area contributed by atoms with E-state index in [1.165, 1.54) is 11.3 Å². The van der Waals surface area contributed by atoms with Gasteiger partial charge in [-0.2, -0.15) is 0 Å². The van der Waals surface area contributed by atoms with Crippen molar-refractivity contribution in [2.75, 3.05) is 6.26 Å². The first-order chi connectivity index (χ1) is 10.4. The van der Waals surface area contributed by atoms with Gasteiger partial charge in [-0.3, -0.25) is 4.21 Å². The zero-order valence-electron chi connectivity index (χ0n) is 14.9. The third-order valence-electron chi connectivity index (χ3n) is 3.75. The Morgan fingerprint density at radius 1 is 1.04 bits per heavy atom. The highest BCUT2D eigenvalue weighted by atomic mass is 32.2. The lowest BCUT2D eigenvalue weighted by molar-refractivity contribution is 0.423. The summed E-state index contributed by atoms with van der Waals surface area (Å²) in [6.45, 7) is 12.5. The van der Waals surface area contributed by atoms with E-state index in [1.54, 1.807) is 6.26 Å². The van der Waals surface area contributed by atoms with Crippen LogP contribution in [0.5, 0.6) is 5.75 Å². The van der Waals surface area contributed by atoms with Crippen LogP contribution in [0.1, 0.15) is 52.7 Å². The van der Waals surface area contributed by atoms with E-state index in [0.717, 1.165) is 22.4 Å². The molecule has 23 heavy (non-hydrogen) atoms. The molecule has 0 saturated heterocycles. The molecule has 3 nitrogen and oxygen atoms in total. The minimum atomic E-state index is -1.07. The van der Waals surface area contributed by atoms with Crippen LogP contribution in [0.25, 0.3) is 11.3 Å². The Hall–Kier alpha value is -1.20. The predicted molar refractivity (Wildman–Crippen MR) is 98.9 cm³/mol. The van der Waals surface area contributed by atoms with Crippen molar-refractivity contribution in [2.24, 2.45) is 0 Å². The number of rotatable bonds is 2. The van der Waals surface area contributed by atoms with Gasteiger partial charge in [0.05, 0.1) is 16.5 Å². The number of nitrogens with zero attached hydrogens (tertiary/aromatic N) is 1. The number of hydrogen-bond donors (Lipinski definition) is 1. The van der Waals surface area contributed by atoms with E-state index in [-0.39, 0.29) is 10.8 Å². The lowest BCUT2D eigenvalue weighted by Gasteiger charge is -2.28. The van der Waals surface area contributed by atoms with Crippen molar-refractivity contribution in [3.8, 4) is 17.0 Å². The second-order valence-corrected chi connectivity index (χ2v) is 10.3. The summed E-state index contributed by atoms with van der Waals surface area (Å²) >= 11 is 1.41. The number of thiazole rings is 1. The van der Waals surface area contributed by atoms with Crippen molar-refractivity contribution >= 4 is 22.1 Å². The Kier molecular flexibility index (Phi) is 4.75. The molecule has 2 aromatic rings. The van der Waals surface area contributed by atoms with Crippen molar-refractivity contribution in [1.82, 2.24) is 4.98 Å². The fraction of sp³-hybridized carbons (Fsp3) is 0.500. The van der Waals surface area contributed by atoms with E-state index in [0.29, 0.717) is 10.1 Å². The van der Waals surface area contributed by atoms with Crippen molar-refractivity contribution in [2.45, 2.75) is 56.7 Å². The zero-order chi connectivity index (χ0) is 17.6. The molecule has 1 heterocycles. The fourth-order valence-electron chi connectivity index (χ4n) is 2.45. The van der Waals surface area contributed by atoms with E-state index >= 15 is 0 Å². The average Bonchev–Trinajstić information content (AvgIpc) is 2.85. The maximum Gasteiger partial charge on any atom is 0.180 e. The third kappa shape index (κ3) is 3.83. The molecule has 0 aliphatic rings. The summed E-state index contributed by atoms with van der Waals surface area (Å²) in [5.74, 6) is 0.364. The molecule has 0 aliphatic heterocycles. The minimum Gasteiger partial charge on any atom is -0.507 e. The summed E-state index contributed by atoms with van der Waals surface area (Å²) in [6, 6.07) is 4.00. The van der Waals surface area contributed by atoms with Crippen molar-refractivity contribution in [3.63, 3.8) is 0 Å². The van der Waals surface area contributed by atoms with E-state index in [4.69, 9.17) is 0 Å². The number of hydrogen-bond acceptors (Lipinski definition) is 4. The standard InChI is InChI=1S/C18H25NO2S2/c1-17(2,3)12-8-11(9-13(15(12)20)18(4,5)6)14-10-22-16(19-14)23(7)21/h8-10,20H,1-7H3. The van der Waals surface area contributed by atoms with Gasteiger partial charge in [0, 0.05) is 28.3 Å². The van der Waals surface area contributed by atoms with Gasteiger partial charge in [-0.25, -0.2) is 4.98 Å². The molecule has 5 heteroatoms. The summed E-state index contributed by atoms with van der Waals surface area (Å²) in [6.07, 6.45) is 1.64. The van der Waals surface area contributed by atoms with Gasteiger partial charge in [0.15, 0.2) is 4.34 Å². The Balaban J connectivity index is 2.71. The van der Waals surface area contributed by atoms with Gasteiger partial charge in [0.2, 0.25) is 0 Å². The molecule has 0 spiro atoms. The van der Waals surface area contributed by atoms with Crippen molar-refractivity contribution in [1.29, 1.82) is 0 Å². The molecule has 1 atom stereocenters. The molecule has 1 aromatic carbocycles. The molecule has 2 rings (SSSR count). The quantitative estimate of drug-likeness (QED) is 0.841. The lowest BCUT2D eigenvalue weighted by Crippen LogP contribution is -2.17. The number of phenols is 1. The van der Waals surface area contributed by atoms with Crippen LogP contribution in [0, 0.1) is 0 Å². The highest BCUT2D eigenvalue weighted by Gasteiger charge is 2.27. The lowest BCUT2D eigenvalue weighted by atomic mass is 9.78. The van der Waals surface area contributed by atoms with E-state index in [2.05, 4.69) is 46.5 Å². The monoisotopic (exact) mass is 351 g/mol. The van der Waals surface area contributed by atoms with Crippen LogP contribution in [0.3, 0.4) is 0 Å². The largest absolute Gasteiger partial charge is 0.507 e. The van der Waals surface area contributed by atoms with Crippen LogP contribution in [-0.2, 0) is 21.6 Å². The summed E-state index contributed by atoms with van der Waals surface area (Å²) in [7, 11) is -1.07. The smallest absolute Gasteiger partial charge is 0.180 e. The van der Waals surface area contributed by atoms with Crippen LogP contribution < -0.4 is 0 Å². The SMILES string of the molecule is CS(=O)c1nc(-c2cc(C(C)(C)C)c(O)c(C(C)(C)C)c2)cs1. The Morgan fingerprint density at radius 3 is 1.87 bits per heavy atom. The first-order valence-corrected chi connectivity index (χ1v) is 10.0. The molecule has 0 bridgehead atoms. The highest BCUT2D eigenvalue weighted by Crippen LogP contribution is 2.42. The maximum atomic E-state index is 11.6. The second kappa shape index (κ2) is 6.02. The van der Waals surface area contributed by atoms with E-state index in [1.807, 2.05) is 17.5 Å². The van der Waals surface area contributed by atoms with Gasteiger partial charge in [0.1, 0.15) is 5.75 Å². The number of benzene rings is 1. The molecule has 126 valence electrons. The first-order valence-electron chi connectivity index (χ1n) is 7.58. The number of aromatic nitrogens is 1. The molecule has 0 radical (unpaired) electrons. The highest BCUT2D eigenvalue weighted by molar-refractivity contribution is 7.86. The van der Waals surface area contributed by atoms with Gasteiger partial charge in [0.25, 0.3) is 0 Å². The van der Waals surface area contributed by atoms with Crippen molar-refractivity contribution < 1.29 is 9.32 Å². The molecule has 0 fully saturated rings. The van der Waals surface area contributed by atoms with Gasteiger partial charge in [-0.1, -0.05) is 41.5 Å². The number of aromatic hydroxyl groups is 1. The third-order valence-corrected chi connectivity index (χ3v) is 5.96. The molecule has 0 saturated carbocycles. The van der Waals surface area contributed by atoms with Crippen LogP contribution in [0.4, 0.5) is 0 Å². The van der Waals surface area contributed by atoms with Crippen molar-refractivity contribution in [3.05, 3.63) is 28.6 Å². The molecule has 1 aromatic heterocycles. The Morgan fingerprint density at radius 2 is 1.52 bits per heavy atom. The zero-order valence-corrected chi connectivity index (χ0v) is 16.5. The van der Waals surface area contributed by atoms with E-state index in [9.17, 15) is 9.32 Å². The van der Waals surface area contributed by atoms with Crippen LogP contribution >= 0.6 is 11.3 Å². The first kappa shape index (κ1) is 18.1. The van der Waals surface area contributed by atoms with Crippen LogP contribution in [0.15, 0.2) is 21.9 Å².